The molecule has 0 N–H and O–H groups in total. The molecule has 2 aliphatic heterocycles. The van der Waals surface area contributed by atoms with Crippen LogP contribution >= 0.6 is 0 Å². The number of methoxy groups -OCH3 is 2. The summed E-state index contributed by atoms with van der Waals surface area (Å²) in [6, 6.07) is 0. The number of hydrogen-bond donors (Lipinski definition) is 0. The van der Waals surface area contributed by atoms with Crippen LogP contribution in [0.15, 0.2) is 5.11 Å². The van der Waals surface area contributed by atoms with Gasteiger partial charge in [-0.05, 0) is 18.4 Å². The fraction of sp³-hybridized carbons (Fsp3) is 0.895. The van der Waals surface area contributed by atoms with Crippen LogP contribution < -0.4 is 0 Å². The van der Waals surface area contributed by atoms with Gasteiger partial charge in [0, 0.05) is 37.2 Å². The molecule has 0 radical (unpaired) electrons. The van der Waals surface area contributed by atoms with Gasteiger partial charge in [0.1, 0.15) is 25.1 Å². The molecule has 0 spiro atoms. The van der Waals surface area contributed by atoms with Crippen molar-refractivity contribution in [3.63, 3.8) is 0 Å². The smallest absolute Gasteiger partial charge is 0.305 e. The number of carbonyl (C=O) groups excluding carboxylic acids is 2. The van der Waals surface area contributed by atoms with Crippen LogP contribution in [0.3, 0.4) is 0 Å². The third kappa shape index (κ3) is 5.83. The highest BCUT2D eigenvalue weighted by Crippen LogP contribution is 2.44. The Balaban J connectivity index is 2.19. The zero-order valence-corrected chi connectivity index (χ0v) is 18.1. The molecule has 11 nitrogen and oxygen atoms in total. The van der Waals surface area contributed by atoms with E-state index in [0.717, 1.165) is 0 Å². The molecule has 0 amide bonds. The molecule has 0 aromatic carbocycles. The van der Waals surface area contributed by atoms with Crippen molar-refractivity contribution in [3.05, 3.63) is 10.4 Å². The summed E-state index contributed by atoms with van der Waals surface area (Å²) in [6.45, 7) is 5.29. The third-order valence-electron chi connectivity index (χ3n) is 5.65. The molecule has 0 saturated carbocycles. The van der Waals surface area contributed by atoms with E-state index in [1.54, 1.807) is 7.11 Å². The monoisotopic (exact) mass is 429 g/mol. The molecule has 1 unspecified atom stereocenters. The molecular formula is C19H31N3O8. The van der Waals surface area contributed by atoms with E-state index in [2.05, 4.69) is 14.8 Å². The molecular weight excluding hydrogens is 398 g/mol. The Labute approximate surface area is 175 Å². The summed E-state index contributed by atoms with van der Waals surface area (Å²) in [7, 11) is 2.92. The minimum Gasteiger partial charge on any atom is -0.469 e. The Bertz CT molecular complexity index is 652. The SMILES string of the molecule is COC(=O)CCC[C@H](C[C@H]1O[C@@H]2C(N=[N+]=[N-])OCO[C@@H]2[C@@H](OC)C1(C)C)OC(C)=O. The van der Waals surface area contributed by atoms with Crippen molar-refractivity contribution in [1.82, 2.24) is 0 Å². The lowest BCUT2D eigenvalue weighted by atomic mass is 9.72. The maximum absolute atomic E-state index is 11.6. The van der Waals surface area contributed by atoms with Gasteiger partial charge < -0.3 is 28.4 Å². The second-order valence-corrected chi connectivity index (χ2v) is 8.01. The summed E-state index contributed by atoms with van der Waals surface area (Å²) in [6.07, 6.45) is -1.64. The summed E-state index contributed by atoms with van der Waals surface area (Å²) in [4.78, 5) is 25.9. The highest BCUT2D eigenvalue weighted by atomic mass is 16.7. The molecule has 2 saturated heterocycles. The van der Waals surface area contributed by atoms with Crippen molar-refractivity contribution in [2.24, 2.45) is 10.5 Å². The molecule has 0 aliphatic carbocycles. The minimum atomic E-state index is -0.850. The average Bonchev–Trinajstić information content (AvgIpc) is 2.68. The molecule has 0 aromatic heterocycles. The predicted octanol–water partition coefficient (Wildman–Crippen LogP) is 2.47. The maximum Gasteiger partial charge on any atom is 0.305 e. The molecule has 2 fully saturated rings. The van der Waals surface area contributed by atoms with E-state index < -0.39 is 42.0 Å². The van der Waals surface area contributed by atoms with Crippen LogP contribution in [0.4, 0.5) is 0 Å². The number of azide groups is 1. The standard InChI is InChI=1S/C19H31N3O8/c1-11(23)29-12(7-6-8-14(24)25-4)9-13-19(2,3)17(26-5)15-16(30-13)18(21-22-20)28-10-27-15/h12-13,15-18H,6-10H2,1-5H3/t12-,13-,15+,16+,17-,18?/m1/s1. The first-order chi connectivity index (χ1) is 14.2. The summed E-state index contributed by atoms with van der Waals surface area (Å²) in [5.41, 5.74) is 8.36. The Morgan fingerprint density at radius 3 is 2.60 bits per heavy atom. The highest BCUT2D eigenvalue weighted by Gasteiger charge is 2.55. The van der Waals surface area contributed by atoms with Crippen LogP contribution in [0.5, 0.6) is 0 Å². The van der Waals surface area contributed by atoms with Crippen LogP contribution in [0.2, 0.25) is 0 Å². The van der Waals surface area contributed by atoms with Gasteiger partial charge in [0.25, 0.3) is 0 Å². The van der Waals surface area contributed by atoms with E-state index in [1.165, 1.54) is 14.0 Å². The van der Waals surface area contributed by atoms with Gasteiger partial charge in [-0.2, -0.15) is 0 Å². The van der Waals surface area contributed by atoms with Crippen molar-refractivity contribution in [3.8, 4) is 0 Å². The van der Waals surface area contributed by atoms with Gasteiger partial charge in [-0.15, -0.1) is 0 Å². The predicted molar refractivity (Wildman–Crippen MR) is 103 cm³/mol. The Kier molecular flexibility index (Phi) is 8.87. The Morgan fingerprint density at radius 2 is 2.00 bits per heavy atom. The fourth-order valence-electron chi connectivity index (χ4n) is 4.14. The summed E-state index contributed by atoms with van der Waals surface area (Å²) >= 11 is 0. The number of nitrogens with zero attached hydrogens (tertiary/aromatic N) is 3. The summed E-state index contributed by atoms with van der Waals surface area (Å²) < 4.78 is 33.3. The van der Waals surface area contributed by atoms with Crippen LogP contribution in [0.25, 0.3) is 10.4 Å². The van der Waals surface area contributed by atoms with Gasteiger partial charge in [0.2, 0.25) is 0 Å². The van der Waals surface area contributed by atoms with E-state index in [4.69, 9.17) is 29.2 Å². The number of esters is 2. The van der Waals surface area contributed by atoms with Gasteiger partial charge in [-0.25, -0.2) is 0 Å². The first kappa shape index (κ1) is 24.4. The van der Waals surface area contributed by atoms with Crippen LogP contribution in [-0.4, -0.2) is 69.7 Å². The number of carbonyl (C=O) groups is 2. The van der Waals surface area contributed by atoms with Gasteiger partial charge in [-0.3, -0.25) is 9.59 Å². The lowest BCUT2D eigenvalue weighted by Crippen LogP contribution is -2.65. The Morgan fingerprint density at radius 1 is 1.27 bits per heavy atom. The van der Waals surface area contributed by atoms with Gasteiger partial charge in [0.05, 0.1) is 19.3 Å². The second-order valence-electron chi connectivity index (χ2n) is 8.01. The second kappa shape index (κ2) is 10.9. The maximum atomic E-state index is 11.6. The molecule has 11 heteroatoms. The zero-order valence-electron chi connectivity index (χ0n) is 18.1. The van der Waals surface area contributed by atoms with E-state index in [9.17, 15) is 9.59 Å². The van der Waals surface area contributed by atoms with Crippen molar-refractivity contribution in [1.29, 1.82) is 0 Å². The molecule has 0 aromatic rings. The van der Waals surface area contributed by atoms with Crippen LogP contribution in [0, 0.1) is 5.41 Å². The van der Waals surface area contributed by atoms with Crippen molar-refractivity contribution in [2.45, 2.75) is 83.2 Å². The van der Waals surface area contributed by atoms with Crippen LogP contribution in [-0.2, 0) is 38.0 Å². The molecule has 2 heterocycles. The van der Waals surface area contributed by atoms with Crippen molar-refractivity contribution < 1.29 is 38.0 Å². The lowest BCUT2D eigenvalue weighted by Gasteiger charge is -2.53. The van der Waals surface area contributed by atoms with Gasteiger partial charge in [-0.1, -0.05) is 19.0 Å². The molecule has 2 aliphatic rings. The van der Waals surface area contributed by atoms with E-state index >= 15 is 0 Å². The molecule has 2 rings (SSSR count). The van der Waals surface area contributed by atoms with E-state index in [1.807, 2.05) is 13.8 Å². The topological polar surface area (TPSA) is 138 Å². The number of ether oxygens (including phenoxy) is 6. The normalized spacial score (nSPS) is 31.0. The summed E-state index contributed by atoms with van der Waals surface area (Å²) in [5.74, 6) is -0.731. The van der Waals surface area contributed by atoms with Gasteiger partial charge >= 0.3 is 11.9 Å². The average molecular weight is 429 g/mol. The first-order valence-corrected chi connectivity index (χ1v) is 9.94. The van der Waals surface area contributed by atoms with E-state index in [0.29, 0.717) is 19.3 Å². The van der Waals surface area contributed by atoms with Crippen LogP contribution in [0.1, 0.15) is 46.5 Å². The number of hydrogen-bond acceptors (Lipinski definition) is 9. The molecule has 0 bridgehead atoms. The summed E-state index contributed by atoms with van der Waals surface area (Å²) in [5, 5.41) is 3.69. The lowest BCUT2D eigenvalue weighted by molar-refractivity contribution is -0.327. The molecule has 6 atom stereocenters. The third-order valence-corrected chi connectivity index (χ3v) is 5.65. The quantitative estimate of drug-likeness (QED) is 0.236. The number of rotatable bonds is 9. The minimum absolute atomic E-state index is 0.0293. The largest absolute Gasteiger partial charge is 0.469 e. The van der Waals surface area contributed by atoms with Crippen molar-refractivity contribution in [2.75, 3.05) is 21.0 Å². The zero-order chi connectivity index (χ0) is 22.3. The van der Waals surface area contributed by atoms with Crippen molar-refractivity contribution >= 4 is 11.9 Å². The first-order valence-electron chi connectivity index (χ1n) is 9.94. The fourth-order valence-corrected chi connectivity index (χ4v) is 4.14. The molecule has 170 valence electrons. The molecule has 30 heavy (non-hydrogen) atoms. The number of fused-ring (bicyclic) bond motifs is 1. The van der Waals surface area contributed by atoms with E-state index in [-0.39, 0.29) is 25.3 Å². The van der Waals surface area contributed by atoms with Gasteiger partial charge in [0.15, 0.2) is 6.23 Å². The highest BCUT2D eigenvalue weighted by molar-refractivity contribution is 5.69. The Hall–Kier alpha value is -1.91.